The number of sulfonamides is 1. The summed E-state index contributed by atoms with van der Waals surface area (Å²) in [5, 5.41) is 16.1. The lowest BCUT2D eigenvalue weighted by Gasteiger charge is -2.27. The molecular weight excluding hydrogens is 516 g/mol. The number of nitrogens with zero attached hydrogens (tertiary/aromatic N) is 2. The van der Waals surface area contributed by atoms with Gasteiger partial charge in [0.15, 0.2) is 0 Å². The third-order valence-electron chi connectivity index (χ3n) is 6.42. The van der Waals surface area contributed by atoms with Crippen LogP contribution < -0.4 is 14.9 Å². The van der Waals surface area contributed by atoms with Crippen LogP contribution in [-0.4, -0.2) is 19.1 Å². The molecule has 0 saturated carbocycles. The molecule has 198 valence electrons. The number of hydrogen-bond acceptors (Lipinski definition) is 7. The maximum Gasteiger partial charge on any atom is 0.270 e. The highest BCUT2D eigenvalue weighted by Crippen LogP contribution is 2.36. The molecule has 1 aliphatic rings. The first-order chi connectivity index (χ1) is 18.7. The van der Waals surface area contributed by atoms with Crippen LogP contribution in [-0.2, 0) is 10.0 Å². The van der Waals surface area contributed by atoms with Crippen molar-refractivity contribution in [1.82, 2.24) is 0 Å². The fourth-order valence-corrected chi connectivity index (χ4v) is 5.75. The standard InChI is InChI=1S/C29H26N4O5S/c1-19-12-14-24(20(2)16-19)32-39(36,37)29-17-22(33(34)35)13-15-25(29)30-31-26-18-28(21-8-4-3-5-9-21)38-27-11-7-6-10-23(26)27/h3-17,28,30,32H,18H2,1-2H3/b31-26+/t28-/m0/s1. The molecule has 5 rings (SSSR count). The summed E-state index contributed by atoms with van der Waals surface area (Å²) < 4.78 is 35.7. The van der Waals surface area contributed by atoms with E-state index in [-0.39, 0.29) is 22.4 Å². The number of hydrogen-bond donors (Lipinski definition) is 2. The number of nitro benzene ring substituents is 1. The lowest BCUT2D eigenvalue weighted by Crippen LogP contribution is -2.22. The second kappa shape index (κ2) is 10.6. The van der Waals surface area contributed by atoms with Crippen molar-refractivity contribution in [2.75, 3.05) is 10.1 Å². The highest BCUT2D eigenvalue weighted by atomic mass is 32.2. The zero-order valence-corrected chi connectivity index (χ0v) is 22.1. The van der Waals surface area contributed by atoms with Crippen LogP contribution in [0.5, 0.6) is 5.75 Å². The van der Waals surface area contributed by atoms with Crippen molar-refractivity contribution in [2.45, 2.75) is 31.3 Å². The van der Waals surface area contributed by atoms with E-state index in [1.807, 2.05) is 67.6 Å². The lowest BCUT2D eigenvalue weighted by atomic mass is 9.96. The second-order valence-corrected chi connectivity index (χ2v) is 10.9. The summed E-state index contributed by atoms with van der Waals surface area (Å²) in [6.45, 7) is 3.69. The molecule has 4 aromatic rings. The van der Waals surface area contributed by atoms with E-state index in [0.717, 1.165) is 28.3 Å². The molecule has 4 aromatic carbocycles. The molecule has 1 aliphatic heterocycles. The molecule has 0 saturated heterocycles. The fourth-order valence-electron chi connectivity index (χ4n) is 4.44. The molecule has 0 radical (unpaired) electrons. The van der Waals surface area contributed by atoms with Gasteiger partial charge in [-0.1, -0.05) is 60.2 Å². The average molecular weight is 543 g/mol. The van der Waals surface area contributed by atoms with Crippen LogP contribution in [0.15, 0.2) is 101 Å². The predicted molar refractivity (Wildman–Crippen MR) is 151 cm³/mol. The van der Waals surface area contributed by atoms with Crippen LogP contribution in [0.25, 0.3) is 0 Å². The molecule has 10 heteroatoms. The topological polar surface area (TPSA) is 123 Å². The van der Waals surface area contributed by atoms with E-state index in [0.29, 0.717) is 23.6 Å². The van der Waals surface area contributed by atoms with Gasteiger partial charge in [-0.15, -0.1) is 0 Å². The summed E-state index contributed by atoms with van der Waals surface area (Å²) in [5.74, 6) is 0.659. The van der Waals surface area contributed by atoms with Gasteiger partial charge < -0.3 is 4.74 Å². The van der Waals surface area contributed by atoms with Crippen molar-refractivity contribution in [3.8, 4) is 5.75 Å². The van der Waals surface area contributed by atoms with Crippen molar-refractivity contribution in [1.29, 1.82) is 0 Å². The Morgan fingerprint density at radius 1 is 0.923 bits per heavy atom. The van der Waals surface area contributed by atoms with E-state index < -0.39 is 14.9 Å². The normalized spacial score (nSPS) is 15.7. The third kappa shape index (κ3) is 5.60. The minimum Gasteiger partial charge on any atom is -0.485 e. The second-order valence-electron chi connectivity index (χ2n) is 9.25. The van der Waals surface area contributed by atoms with Crippen LogP contribution in [0.3, 0.4) is 0 Å². The number of hydrazone groups is 1. The molecule has 1 atom stereocenters. The monoisotopic (exact) mass is 542 g/mol. The molecule has 0 amide bonds. The summed E-state index contributed by atoms with van der Waals surface area (Å²) in [6, 6.07) is 26.1. The van der Waals surface area contributed by atoms with Crippen molar-refractivity contribution in [2.24, 2.45) is 5.10 Å². The van der Waals surface area contributed by atoms with Crippen LogP contribution >= 0.6 is 0 Å². The van der Waals surface area contributed by atoms with Crippen molar-refractivity contribution >= 4 is 32.8 Å². The van der Waals surface area contributed by atoms with Gasteiger partial charge in [0.25, 0.3) is 15.7 Å². The quantitative estimate of drug-likeness (QED) is 0.207. The number of anilines is 2. The minimum atomic E-state index is -4.21. The largest absolute Gasteiger partial charge is 0.485 e. The van der Waals surface area contributed by atoms with Gasteiger partial charge in [0, 0.05) is 24.1 Å². The maximum absolute atomic E-state index is 13.5. The van der Waals surface area contributed by atoms with Crippen molar-refractivity contribution < 1.29 is 18.1 Å². The molecule has 1 heterocycles. The number of nitro groups is 1. The Morgan fingerprint density at radius 2 is 1.64 bits per heavy atom. The highest BCUT2D eigenvalue weighted by Gasteiger charge is 2.27. The van der Waals surface area contributed by atoms with Crippen LogP contribution in [0.2, 0.25) is 0 Å². The average Bonchev–Trinajstić information content (AvgIpc) is 2.93. The molecule has 0 spiro atoms. The van der Waals surface area contributed by atoms with Gasteiger partial charge >= 0.3 is 0 Å². The fraction of sp³-hybridized carbons (Fsp3) is 0.138. The van der Waals surface area contributed by atoms with E-state index >= 15 is 0 Å². The number of aryl methyl sites for hydroxylation is 2. The number of rotatable bonds is 7. The van der Waals surface area contributed by atoms with E-state index in [9.17, 15) is 18.5 Å². The molecule has 9 nitrogen and oxygen atoms in total. The van der Waals surface area contributed by atoms with Crippen LogP contribution in [0.4, 0.5) is 17.1 Å². The molecule has 0 bridgehead atoms. The number of benzene rings is 4. The van der Waals surface area contributed by atoms with Gasteiger partial charge in [-0.2, -0.15) is 5.10 Å². The molecule has 0 aliphatic carbocycles. The van der Waals surface area contributed by atoms with Gasteiger partial charge in [-0.05, 0) is 49.2 Å². The summed E-state index contributed by atoms with van der Waals surface area (Å²) in [7, 11) is -4.21. The first-order valence-electron chi connectivity index (χ1n) is 12.2. The van der Waals surface area contributed by atoms with Gasteiger partial charge in [0.1, 0.15) is 16.7 Å². The first kappa shape index (κ1) is 25.9. The van der Waals surface area contributed by atoms with Crippen molar-refractivity contribution in [3.05, 3.63) is 123 Å². The van der Waals surface area contributed by atoms with E-state index in [4.69, 9.17) is 4.74 Å². The smallest absolute Gasteiger partial charge is 0.270 e. The molecule has 39 heavy (non-hydrogen) atoms. The van der Waals surface area contributed by atoms with Crippen molar-refractivity contribution in [3.63, 3.8) is 0 Å². The minimum absolute atomic E-state index is 0.102. The first-order valence-corrected chi connectivity index (χ1v) is 13.7. The predicted octanol–water partition coefficient (Wildman–Crippen LogP) is 6.35. The molecule has 0 fully saturated rings. The Bertz CT molecular complexity index is 1690. The van der Waals surface area contributed by atoms with Crippen LogP contribution in [0.1, 0.15) is 34.8 Å². The summed E-state index contributed by atoms with van der Waals surface area (Å²) in [5.41, 5.74) is 7.13. The SMILES string of the molecule is Cc1ccc(NS(=O)(=O)c2cc([N+](=O)[O-])ccc2N/N=C2\C[C@@H](c3ccccc3)Oc3ccccc32)c(C)c1. The number of ether oxygens (including phenoxy) is 1. The van der Waals surface area contributed by atoms with E-state index in [1.165, 1.54) is 12.1 Å². The molecular formula is C29H26N4O5S. The number of fused-ring (bicyclic) bond motifs is 1. The Hall–Kier alpha value is -4.70. The Balaban J connectivity index is 1.52. The highest BCUT2D eigenvalue weighted by molar-refractivity contribution is 7.92. The molecule has 0 aromatic heterocycles. The Kier molecular flexibility index (Phi) is 7.03. The Morgan fingerprint density at radius 3 is 2.38 bits per heavy atom. The number of non-ortho nitro benzene ring substituents is 1. The van der Waals surface area contributed by atoms with Gasteiger partial charge in [0.2, 0.25) is 0 Å². The third-order valence-corrected chi connectivity index (χ3v) is 7.83. The van der Waals surface area contributed by atoms with E-state index in [2.05, 4.69) is 15.2 Å². The lowest BCUT2D eigenvalue weighted by molar-refractivity contribution is -0.385. The van der Waals surface area contributed by atoms with Gasteiger partial charge in [-0.25, -0.2) is 8.42 Å². The van der Waals surface area contributed by atoms with E-state index in [1.54, 1.807) is 19.1 Å². The molecule has 0 unspecified atom stereocenters. The van der Waals surface area contributed by atoms with Gasteiger partial charge in [-0.3, -0.25) is 20.3 Å². The number of nitrogens with one attached hydrogen (secondary N) is 2. The van der Waals surface area contributed by atoms with Crippen LogP contribution in [0, 0.1) is 24.0 Å². The summed E-state index contributed by atoms with van der Waals surface area (Å²) in [6.07, 6.45) is 0.150. The maximum atomic E-state index is 13.5. The van der Waals surface area contributed by atoms with Gasteiger partial charge in [0.05, 0.1) is 22.0 Å². The zero-order valence-electron chi connectivity index (χ0n) is 21.3. The number of para-hydroxylation sites is 1. The Labute approximate surface area is 226 Å². The zero-order chi connectivity index (χ0) is 27.6. The summed E-state index contributed by atoms with van der Waals surface area (Å²) >= 11 is 0. The molecule has 2 N–H and O–H groups in total. The summed E-state index contributed by atoms with van der Waals surface area (Å²) in [4.78, 5) is 10.6.